The number of hydrogen-bond donors (Lipinski definition) is 2. The van der Waals surface area contributed by atoms with Crippen LogP contribution in [0.25, 0.3) is 0 Å². The average Bonchev–Trinajstić information content (AvgIpc) is 2.54. The topological polar surface area (TPSA) is 75.4 Å². The van der Waals surface area contributed by atoms with Crippen molar-refractivity contribution in [3.63, 3.8) is 0 Å². The van der Waals surface area contributed by atoms with Gasteiger partial charge in [-0.1, -0.05) is 18.2 Å². The zero-order valence-electron chi connectivity index (χ0n) is 13.5. The Morgan fingerprint density at radius 2 is 1.87 bits per heavy atom. The third-order valence-corrected chi connectivity index (χ3v) is 4.03. The van der Waals surface area contributed by atoms with Crippen molar-refractivity contribution in [1.29, 1.82) is 0 Å². The quantitative estimate of drug-likeness (QED) is 0.861. The molecule has 5 nitrogen and oxygen atoms in total. The van der Waals surface area contributed by atoms with E-state index in [1.807, 2.05) is 42.2 Å². The van der Waals surface area contributed by atoms with Gasteiger partial charge >= 0.3 is 0 Å². The maximum Gasteiger partial charge on any atom is 0.251 e. The highest BCUT2D eigenvalue weighted by atomic mass is 35.5. The number of carbonyl (C=O) groups excluding carboxylic acids is 2. The minimum atomic E-state index is -0.0395. The van der Waals surface area contributed by atoms with E-state index < -0.39 is 0 Å². The van der Waals surface area contributed by atoms with Gasteiger partial charge in [0.1, 0.15) is 0 Å². The minimum absolute atomic E-state index is 0. The fourth-order valence-electron chi connectivity index (χ4n) is 2.64. The first-order chi connectivity index (χ1) is 10.6. The number of likely N-dealkylation sites (tertiary alicyclic amines) is 1. The van der Waals surface area contributed by atoms with Gasteiger partial charge in [-0.25, -0.2) is 0 Å². The summed E-state index contributed by atoms with van der Waals surface area (Å²) in [6.45, 7) is 3.33. The van der Waals surface area contributed by atoms with E-state index in [1.165, 1.54) is 0 Å². The van der Waals surface area contributed by atoms with E-state index >= 15 is 0 Å². The lowest BCUT2D eigenvalue weighted by molar-refractivity contribution is -0.132. The van der Waals surface area contributed by atoms with Gasteiger partial charge in [0.05, 0.1) is 0 Å². The molecule has 23 heavy (non-hydrogen) atoms. The molecule has 0 aromatic heterocycles. The number of carbonyl (C=O) groups is 2. The zero-order valence-corrected chi connectivity index (χ0v) is 14.3. The van der Waals surface area contributed by atoms with Crippen LogP contribution in [0.2, 0.25) is 0 Å². The third-order valence-electron chi connectivity index (χ3n) is 4.03. The number of hydrogen-bond acceptors (Lipinski definition) is 3. The number of rotatable bonds is 5. The van der Waals surface area contributed by atoms with Crippen molar-refractivity contribution in [2.45, 2.75) is 44.7 Å². The Bertz CT molecular complexity index is 500. The summed E-state index contributed by atoms with van der Waals surface area (Å²) in [4.78, 5) is 26.0. The molecule has 2 rings (SSSR count). The molecule has 1 aromatic rings. The summed E-state index contributed by atoms with van der Waals surface area (Å²) in [5.41, 5.74) is 6.36. The van der Waals surface area contributed by atoms with Gasteiger partial charge in [-0.3, -0.25) is 9.59 Å². The molecule has 0 saturated carbocycles. The predicted molar refractivity (Wildman–Crippen MR) is 93.6 cm³/mol. The third kappa shape index (κ3) is 6.20. The first-order valence-electron chi connectivity index (χ1n) is 7.95. The molecule has 1 aliphatic rings. The molecule has 0 aliphatic carbocycles. The molecule has 1 aromatic carbocycles. The molecule has 2 amide bonds. The summed E-state index contributed by atoms with van der Waals surface area (Å²) in [5, 5.41) is 3.05. The number of halogens is 1. The van der Waals surface area contributed by atoms with Crippen LogP contribution in [0.5, 0.6) is 0 Å². The summed E-state index contributed by atoms with van der Waals surface area (Å²) in [6, 6.07) is 9.42. The van der Waals surface area contributed by atoms with Gasteiger partial charge in [-0.05, 0) is 38.3 Å². The van der Waals surface area contributed by atoms with Gasteiger partial charge in [0.2, 0.25) is 5.91 Å². The largest absolute Gasteiger partial charge is 0.349 e. The Morgan fingerprint density at radius 3 is 2.43 bits per heavy atom. The molecule has 128 valence electrons. The highest BCUT2D eigenvalue weighted by molar-refractivity contribution is 5.94. The first kappa shape index (κ1) is 19.5. The SMILES string of the molecule is CC(N)CCC(=O)N1CCC(NC(=O)c2ccccc2)CC1.Cl. The fourth-order valence-corrected chi connectivity index (χ4v) is 2.64. The molecule has 0 bridgehead atoms. The van der Waals surface area contributed by atoms with Crippen molar-refractivity contribution in [1.82, 2.24) is 10.2 Å². The van der Waals surface area contributed by atoms with Crippen LogP contribution in [0.1, 0.15) is 43.0 Å². The Balaban J connectivity index is 0.00000264. The summed E-state index contributed by atoms with van der Waals surface area (Å²) in [6.07, 6.45) is 2.85. The second-order valence-corrected chi connectivity index (χ2v) is 6.01. The zero-order chi connectivity index (χ0) is 15.9. The molecule has 0 spiro atoms. The van der Waals surface area contributed by atoms with Crippen LogP contribution in [-0.4, -0.2) is 41.9 Å². The molecule has 6 heteroatoms. The molecule has 1 saturated heterocycles. The molecular weight excluding hydrogens is 314 g/mol. The van der Waals surface area contributed by atoms with Crippen LogP contribution in [0.3, 0.4) is 0 Å². The van der Waals surface area contributed by atoms with Crippen molar-refractivity contribution < 1.29 is 9.59 Å². The maximum absolute atomic E-state index is 12.1. The Kier molecular flexibility index (Phi) is 8.06. The Hall–Kier alpha value is -1.59. The van der Waals surface area contributed by atoms with E-state index in [0.29, 0.717) is 25.1 Å². The molecule has 1 atom stereocenters. The van der Waals surface area contributed by atoms with Crippen LogP contribution in [0, 0.1) is 0 Å². The second-order valence-electron chi connectivity index (χ2n) is 6.01. The molecule has 3 N–H and O–H groups in total. The number of nitrogens with zero attached hydrogens (tertiary/aromatic N) is 1. The van der Waals surface area contributed by atoms with Crippen LogP contribution >= 0.6 is 12.4 Å². The summed E-state index contributed by atoms with van der Waals surface area (Å²) in [7, 11) is 0. The van der Waals surface area contributed by atoms with E-state index in [-0.39, 0.29) is 36.3 Å². The van der Waals surface area contributed by atoms with Crippen molar-refractivity contribution >= 4 is 24.2 Å². The molecule has 1 aliphatic heterocycles. The minimum Gasteiger partial charge on any atom is -0.349 e. The van der Waals surface area contributed by atoms with Crippen LogP contribution < -0.4 is 11.1 Å². The van der Waals surface area contributed by atoms with Crippen LogP contribution in [0.15, 0.2) is 30.3 Å². The van der Waals surface area contributed by atoms with Crippen molar-refractivity contribution in [2.24, 2.45) is 5.73 Å². The number of amides is 2. The maximum atomic E-state index is 12.1. The normalized spacial score (nSPS) is 16.3. The highest BCUT2D eigenvalue weighted by Crippen LogP contribution is 2.13. The lowest BCUT2D eigenvalue weighted by Crippen LogP contribution is -2.46. The standard InChI is InChI=1S/C17H25N3O2.ClH/c1-13(18)7-8-16(21)20-11-9-15(10-12-20)19-17(22)14-5-3-2-4-6-14;/h2-6,13,15H,7-12,18H2,1H3,(H,19,22);1H. The monoisotopic (exact) mass is 339 g/mol. The number of nitrogens with one attached hydrogen (secondary N) is 1. The highest BCUT2D eigenvalue weighted by Gasteiger charge is 2.23. The Labute approximate surface area is 144 Å². The van der Waals surface area contributed by atoms with E-state index in [9.17, 15) is 9.59 Å². The van der Waals surface area contributed by atoms with Gasteiger partial charge in [0, 0.05) is 37.2 Å². The van der Waals surface area contributed by atoms with Gasteiger partial charge in [-0.2, -0.15) is 0 Å². The van der Waals surface area contributed by atoms with E-state index in [0.717, 1.165) is 19.3 Å². The number of benzene rings is 1. The van der Waals surface area contributed by atoms with Gasteiger partial charge in [-0.15, -0.1) is 12.4 Å². The van der Waals surface area contributed by atoms with Crippen molar-refractivity contribution in [3.8, 4) is 0 Å². The van der Waals surface area contributed by atoms with E-state index in [1.54, 1.807) is 0 Å². The van der Waals surface area contributed by atoms with Gasteiger partial charge < -0.3 is 16.0 Å². The van der Waals surface area contributed by atoms with E-state index in [2.05, 4.69) is 5.32 Å². The number of piperidine rings is 1. The average molecular weight is 340 g/mol. The molecule has 0 radical (unpaired) electrons. The van der Waals surface area contributed by atoms with E-state index in [4.69, 9.17) is 5.73 Å². The molecule has 1 fully saturated rings. The van der Waals surface area contributed by atoms with Crippen molar-refractivity contribution in [2.75, 3.05) is 13.1 Å². The van der Waals surface area contributed by atoms with Crippen LogP contribution in [0.4, 0.5) is 0 Å². The first-order valence-corrected chi connectivity index (χ1v) is 7.95. The summed E-state index contributed by atoms with van der Waals surface area (Å²) in [5.74, 6) is 0.132. The predicted octanol–water partition coefficient (Wildman–Crippen LogP) is 1.96. The smallest absolute Gasteiger partial charge is 0.251 e. The second kappa shape index (κ2) is 9.53. The van der Waals surface area contributed by atoms with Gasteiger partial charge in [0.15, 0.2) is 0 Å². The lowest BCUT2D eigenvalue weighted by Gasteiger charge is -2.32. The summed E-state index contributed by atoms with van der Waals surface area (Å²) >= 11 is 0. The molecule has 1 unspecified atom stereocenters. The molecule has 1 heterocycles. The van der Waals surface area contributed by atoms with Crippen LogP contribution in [-0.2, 0) is 4.79 Å². The Morgan fingerprint density at radius 1 is 1.26 bits per heavy atom. The molecular formula is C17H26ClN3O2. The van der Waals surface area contributed by atoms with Crippen molar-refractivity contribution in [3.05, 3.63) is 35.9 Å². The van der Waals surface area contributed by atoms with Gasteiger partial charge in [0.25, 0.3) is 5.91 Å². The lowest BCUT2D eigenvalue weighted by atomic mass is 10.0. The number of nitrogens with two attached hydrogens (primary N) is 1. The fraction of sp³-hybridized carbons (Fsp3) is 0.529. The summed E-state index contributed by atoms with van der Waals surface area (Å²) < 4.78 is 0.